The van der Waals surface area contributed by atoms with E-state index < -0.39 is 0 Å². The molecule has 1 aromatic heterocycles. The first kappa shape index (κ1) is 15.4. The van der Waals surface area contributed by atoms with Crippen molar-refractivity contribution in [2.75, 3.05) is 11.5 Å². The van der Waals surface area contributed by atoms with Crippen LogP contribution in [0.1, 0.15) is 16.7 Å². The number of nitrogens with one attached hydrogen (secondary N) is 3. The Labute approximate surface area is 130 Å². The fraction of sp³-hybridized carbons (Fsp3) is 0. The number of amidine groups is 1. The Kier molecular flexibility index (Phi) is 4.37. The van der Waals surface area contributed by atoms with Gasteiger partial charge in [0.15, 0.2) is 5.17 Å². The molecule has 0 aliphatic heterocycles. The molecule has 9 heteroatoms. The van der Waals surface area contributed by atoms with E-state index in [2.05, 4.69) is 9.97 Å². The van der Waals surface area contributed by atoms with Crippen LogP contribution in [0.3, 0.4) is 0 Å². The molecule has 0 atom stereocenters. The summed E-state index contributed by atoms with van der Waals surface area (Å²) in [6.07, 6.45) is 1.24. The molecule has 112 valence electrons. The molecule has 2 aromatic rings. The van der Waals surface area contributed by atoms with Crippen LogP contribution in [-0.4, -0.2) is 25.9 Å². The second-order valence-electron chi connectivity index (χ2n) is 4.27. The van der Waals surface area contributed by atoms with Gasteiger partial charge in [0.2, 0.25) is 0 Å². The van der Waals surface area contributed by atoms with Crippen LogP contribution in [0.5, 0.6) is 0 Å². The molecule has 1 heterocycles. The summed E-state index contributed by atoms with van der Waals surface area (Å²) in [5, 5.41) is 23.2. The van der Waals surface area contributed by atoms with Crippen LogP contribution in [0.25, 0.3) is 0 Å². The number of nitrogen functional groups attached to an aromatic ring is 2. The summed E-state index contributed by atoms with van der Waals surface area (Å²) in [6, 6.07) is 6.66. The van der Waals surface area contributed by atoms with Gasteiger partial charge in [-0.1, -0.05) is 24.3 Å². The van der Waals surface area contributed by atoms with Gasteiger partial charge in [-0.2, -0.15) is 0 Å². The molecule has 0 amide bonds. The number of rotatable bonds is 3. The van der Waals surface area contributed by atoms with E-state index in [9.17, 15) is 0 Å². The van der Waals surface area contributed by atoms with Crippen LogP contribution < -0.4 is 17.2 Å². The third-order valence-corrected chi connectivity index (χ3v) is 3.46. The quantitative estimate of drug-likeness (QED) is 0.364. The number of nitrogens with zero attached hydrogens (tertiary/aromatic N) is 2. The minimum absolute atomic E-state index is 0.105. The number of benzene rings is 1. The molecule has 0 fully saturated rings. The van der Waals surface area contributed by atoms with Gasteiger partial charge in [0.25, 0.3) is 0 Å². The summed E-state index contributed by atoms with van der Waals surface area (Å²) >= 11 is 0.854. The smallest absolute Gasteiger partial charge is 0.157 e. The molecule has 0 spiro atoms. The first-order chi connectivity index (χ1) is 10.4. The summed E-state index contributed by atoms with van der Waals surface area (Å²) in [5.74, 6) is 0.280. The average Bonchev–Trinajstić information content (AvgIpc) is 2.46. The fourth-order valence-corrected chi connectivity index (χ4v) is 2.25. The lowest BCUT2D eigenvalue weighted by Crippen LogP contribution is -2.12. The second-order valence-corrected chi connectivity index (χ2v) is 5.32. The lowest BCUT2D eigenvalue weighted by atomic mass is 10.0. The van der Waals surface area contributed by atoms with E-state index in [0.29, 0.717) is 11.1 Å². The molecule has 0 unspecified atom stereocenters. The van der Waals surface area contributed by atoms with Gasteiger partial charge < -0.3 is 17.2 Å². The molecule has 2 rings (SSSR count). The van der Waals surface area contributed by atoms with Crippen LogP contribution in [0.2, 0.25) is 0 Å². The van der Waals surface area contributed by atoms with Crippen molar-refractivity contribution in [2.24, 2.45) is 5.73 Å². The van der Waals surface area contributed by atoms with Crippen molar-refractivity contribution in [3.8, 4) is 0 Å². The van der Waals surface area contributed by atoms with Crippen molar-refractivity contribution in [3.05, 3.63) is 47.3 Å². The Balaban J connectivity index is 2.29. The van der Waals surface area contributed by atoms with Gasteiger partial charge in [-0.05, 0) is 11.8 Å². The Morgan fingerprint density at radius 2 is 1.41 bits per heavy atom. The molecule has 0 aliphatic rings. The van der Waals surface area contributed by atoms with Gasteiger partial charge >= 0.3 is 0 Å². The van der Waals surface area contributed by atoms with E-state index in [-0.39, 0.29) is 33.1 Å². The zero-order valence-electron chi connectivity index (χ0n) is 11.4. The number of anilines is 2. The normalized spacial score (nSPS) is 10.2. The zero-order chi connectivity index (χ0) is 16.3. The molecule has 8 nitrogen and oxygen atoms in total. The largest absolute Gasteiger partial charge is 0.383 e. The maximum Gasteiger partial charge on any atom is 0.157 e. The van der Waals surface area contributed by atoms with Gasteiger partial charge in [-0.3, -0.25) is 16.2 Å². The Bertz CT molecular complexity index is 733. The lowest BCUT2D eigenvalue weighted by molar-refractivity contribution is 1.17. The Morgan fingerprint density at radius 1 is 0.909 bits per heavy atom. The van der Waals surface area contributed by atoms with Gasteiger partial charge in [-0.15, -0.1) is 0 Å². The van der Waals surface area contributed by atoms with Crippen LogP contribution >= 0.6 is 11.8 Å². The molecule has 0 saturated carbocycles. The molecular weight excluding hydrogens is 300 g/mol. The first-order valence-corrected chi connectivity index (χ1v) is 6.88. The van der Waals surface area contributed by atoms with Crippen LogP contribution in [0.15, 0.2) is 30.6 Å². The SMILES string of the molecule is N=C(N)SC(=N)c1ccc(C(=N)c2c(N)ncnc2N)cc1. The highest BCUT2D eigenvalue weighted by Crippen LogP contribution is 2.20. The van der Waals surface area contributed by atoms with E-state index in [4.69, 9.17) is 33.4 Å². The van der Waals surface area contributed by atoms with E-state index in [1.54, 1.807) is 24.3 Å². The van der Waals surface area contributed by atoms with Crippen molar-refractivity contribution >= 4 is 39.3 Å². The Morgan fingerprint density at radius 3 is 1.91 bits per heavy atom. The number of thioether (sulfide) groups is 1. The van der Waals surface area contributed by atoms with Crippen molar-refractivity contribution in [1.82, 2.24) is 9.97 Å². The van der Waals surface area contributed by atoms with Gasteiger partial charge in [0.05, 0.1) is 11.3 Å². The van der Waals surface area contributed by atoms with Gasteiger partial charge in [-0.25, -0.2) is 9.97 Å². The van der Waals surface area contributed by atoms with Crippen molar-refractivity contribution < 1.29 is 0 Å². The second kappa shape index (κ2) is 6.22. The predicted octanol–water partition coefficient (Wildman–Crippen LogP) is 1.01. The maximum absolute atomic E-state index is 8.19. The number of nitrogens with two attached hydrogens (primary N) is 3. The minimum atomic E-state index is -0.149. The summed E-state index contributed by atoms with van der Waals surface area (Å²) in [4.78, 5) is 7.67. The monoisotopic (exact) mass is 314 g/mol. The highest BCUT2D eigenvalue weighted by molar-refractivity contribution is 8.26. The van der Waals surface area contributed by atoms with Gasteiger partial charge in [0.1, 0.15) is 23.0 Å². The summed E-state index contributed by atoms with van der Waals surface area (Å²) in [6.45, 7) is 0. The van der Waals surface area contributed by atoms with Crippen LogP contribution in [-0.2, 0) is 0 Å². The topological polar surface area (TPSA) is 175 Å². The Hall–Kier alpha value is -2.94. The highest BCUT2D eigenvalue weighted by atomic mass is 32.2. The lowest BCUT2D eigenvalue weighted by Gasteiger charge is -2.09. The summed E-state index contributed by atoms with van der Waals surface area (Å²) in [5.41, 5.74) is 18.3. The standard InChI is InChI=1S/C13H14N8S/c14-9(8-10(15)20-5-21-11(8)16)6-1-3-7(4-2-6)12(17)22-13(18)19/h1-5,14,17H,(H3,18,19)(H4,15,16,20,21). The van der Waals surface area contributed by atoms with Crippen LogP contribution in [0.4, 0.5) is 11.6 Å². The molecule has 9 N–H and O–H groups in total. The zero-order valence-corrected chi connectivity index (χ0v) is 12.2. The number of hydrogen-bond acceptors (Lipinski definition) is 8. The first-order valence-electron chi connectivity index (χ1n) is 6.06. The molecule has 0 radical (unpaired) electrons. The van der Waals surface area contributed by atoms with Gasteiger partial charge in [0, 0.05) is 11.1 Å². The third kappa shape index (κ3) is 3.20. The molecule has 0 bridgehead atoms. The van der Waals surface area contributed by atoms with Crippen molar-refractivity contribution in [2.45, 2.75) is 0 Å². The van der Waals surface area contributed by atoms with E-state index in [0.717, 1.165) is 11.8 Å². The molecule has 0 aliphatic carbocycles. The van der Waals surface area contributed by atoms with E-state index in [1.807, 2.05) is 0 Å². The summed E-state index contributed by atoms with van der Waals surface area (Å²) < 4.78 is 0. The highest BCUT2D eigenvalue weighted by Gasteiger charge is 2.14. The molecule has 0 saturated heterocycles. The molecule has 22 heavy (non-hydrogen) atoms. The van der Waals surface area contributed by atoms with Crippen LogP contribution in [0, 0.1) is 16.2 Å². The average molecular weight is 314 g/mol. The molecule has 1 aromatic carbocycles. The van der Waals surface area contributed by atoms with E-state index >= 15 is 0 Å². The minimum Gasteiger partial charge on any atom is -0.383 e. The molecular formula is C13H14N8S. The summed E-state index contributed by atoms with van der Waals surface area (Å²) in [7, 11) is 0. The maximum atomic E-state index is 8.19. The number of hydrogen-bond donors (Lipinski definition) is 6. The van der Waals surface area contributed by atoms with E-state index in [1.165, 1.54) is 6.33 Å². The van der Waals surface area contributed by atoms with Crippen molar-refractivity contribution in [1.29, 1.82) is 16.2 Å². The fourth-order valence-electron chi connectivity index (χ4n) is 1.77. The van der Waals surface area contributed by atoms with Crippen molar-refractivity contribution in [3.63, 3.8) is 0 Å². The third-order valence-electron chi connectivity index (χ3n) is 2.80. The predicted molar refractivity (Wildman–Crippen MR) is 89.6 cm³/mol. The number of aromatic nitrogens is 2.